The summed E-state index contributed by atoms with van der Waals surface area (Å²) in [5.41, 5.74) is 2.26. The van der Waals surface area contributed by atoms with Crippen LogP contribution in [0.15, 0.2) is 54.6 Å². The van der Waals surface area contributed by atoms with Crippen LogP contribution >= 0.6 is 0 Å². The minimum Gasteiger partial charge on any atom is -0.396 e. The Morgan fingerprint density at radius 1 is 1.05 bits per heavy atom. The van der Waals surface area contributed by atoms with E-state index in [1.54, 1.807) is 12.1 Å². The first-order valence-electron chi connectivity index (χ1n) is 7.39. The Hall–Kier alpha value is -1.71. The van der Waals surface area contributed by atoms with Crippen LogP contribution in [0.25, 0.3) is 0 Å². The largest absolute Gasteiger partial charge is 0.396 e. The number of hydrogen-bond acceptors (Lipinski definition) is 2. The molecule has 2 aromatic carbocycles. The van der Waals surface area contributed by atoms with Crippen molar-refractivity contribution in [2.75, 3.05) is 19.7 Å². The lowest BCUT2D eigenvalue weighted by molar-refractivity contribution is 0.214. The maximum absolute atomic E-state index is 13.4. The highest BCUT2D eigenvalue weighted by Crippen LogP contribution is 2.33. The molecule has 3 rings (SSSR count). The van der Waals surface area contributed by atoms with Gasteiger partial charge < -0.3 is 5.11 Å². The van der Waals surface area contributed by atoms with Gasteiger partial charge in [0.05, 0.1) is 0 Å². The molecule has 0 aliphatic carbocycles. The average molecular weight is 285 g/mol. The van der Waals surface area contributed by atoms with E-state index in [0.717, 1.165) is 25.2 Å². The summed E-state index contributed by atoms with van der Waals surface area (Å²) in [6.45, 7) is 2.74. The predicted octanol–water partition coefficient (Wildman–Crippen LogP) is 3.03. The van der Waals surface area contributed by atoms with Crippen molar-refractivity contribution in [3.8, 4) is 0 Å². The highest BCUT2D eigenvalue weighted by molar-refractivity contribution is 5.24. The van der Waals surface area contributed by atoms with Gasteiger partial charge in [0.2, 0.25) is 0 Å². The normalized spacial score (nSPS) is 22.6. The number of nitrogens with zero attached hydrogens (tertiary/aromatic N) is 1. The average Bonchev–Trinajstić information content (AvgIpc) is 2.91. The summed E-state index contributed by atoms with van der Waals surface area (Å²) >= 11 is 0. The van der Waals surface area contributed by atoms with Crippen molar-refractivity contribution in [2.45, 2.75) is 12.5 Å². The molecule has 1 fully saturated rings. The molecule has 0 amide bonds. The van der Waals surface area contributed by atoms with Crippen LogP contribution in [0.2, 0.25) is 0 Å². The molecule has 1 aliphatic heterocycles. The Kier molecular flexibility index (Phi) is 4.32. The Labute approximate surface area is 124 Å². The van der Waals surface area contributed by atoms with E-state index in [9.17, 15) is 9.50 Å². The van der Waals surface area contributed by atoms with Gasteiger partial charge in [-0.1, -0.05) is 42.5 Å². The molecule has 2 nitrogen and oxygen atoms in total. The van der Waals surface area contributed by atoms with Crippen LogP contribution in [-0.2, 0) is 6.54 Å². The van der Waals surface area contributed by atoms with Crippen LogP contribution in [0.5, 0.6) is 0 Å². The number of aliphatic hydroxyl groups excluding tert-OH is 1. The highest BCUT2D eigenvalue weighted by Gasteiger charge is 2.33. The van der Waals surface area contributed by atoms with Crippen molar-refractivity contribution in [1.82, 2.24) is 4.90 Å². The van der Waals surface area contributed by atoms with E-state index in [0.29, 0.717) is 0 Å². The van der Waals surface area contributed by atoms with Crippen molar-refractivity contribution in [1.29, 1.82) is 0 Å². The Balaban J connectivity index is 1.74. The van der Waals surface area contributed by atoms with Gasteiger partial charge in [0.25, 0.3) is 0 Å². The van der Waals surface area contributed by atoms with Gasteiger partial charge in [-0.2, -0.15) is 0 Å². The maximum atomic E-state index is 13.4. The first-order valence-corrected chi connectivity index (χ1v) is 7.39. The van der Waals surface area contributed by atoms with E-state index in [2.05, 4.69) is 17.0 Å². The molecule has 1 saturated heterocycles. The highest BCUT2D eigenvalue weighted by atomic mass is 19.1. The molecule has 0 aromatic heterocycles. The lowest BCUT2D eigenvalue weighted by Gasteiger charge is -2.16. The van der Waals surface area contributed by atoms with E-state index in [4.69, 9.17) is 0 Å². The molecule has 0 bridgehead atoms. The minimum absolute atomic E-state index is 0.145. The molecular weight excluding hydrogens is 265 g/mol. The van der Waals surface area contributed by atoms with Gasteiger partial charge in [0.15, 0.2) is 0 Å². The van der Waals surface area contributed by atoms with E-state index in [-0.39, 0.29) is 24.3 Å². The molecule has 1 N–H and O–H groups in total. The molecule has 3 heteroatoms. The minimum atomic E-state index is -0.203. The standard InChI is InChI=1S/C18H20FNO/c19-17-8-4-7-15(9-17)18-12-20(11-16(18)13-21)10-14-5-2-1-3-6-14/h1-9,16,18,21H,10-13H2/t16-,18-/m0/s1. The summed E-state index contributed by atoms with van der Waals surface area (Å²) in [6.07, 6.45) is 0. The number of halogens is 1. The lowest BCUT2D eigenvalue weighted by Crippen LogP contribution is -2.20. The van der Waals surface area contributed by atoms with Crippen molar-refractivity contribution < 1.29 is 9.50 Å². The third-order valence-corrected chi connectivity index (χ3v) is 4.28. The van der Waals surface area contributed by atoms with Gasteiger partial charge in [-0.05, 0) is 23.3 Å². The first kappa shape index (κ1) is 14.2. The second-order valence-corrected chi connectivity index (χ2v) is 5.78. The summed E-state index contributed by atoms with van der Waals surface area (Å²) < 4.78 is 13.4. The molecule has 0 radical (unpaired) electrons. The number of likely N-dealkylation sites (tertiary alicyclic amines) is 1. The third-order valence-electron chi connectivity index (χ3n) is 4.28. The van der Waals surface area contributed by atoms with Gasteiger partial charge in [-0.25, -0.2) is 4.39 Å². The molecule has 2 atom stereocenters. The van der Waals surface area contributed by atoms with E-state index < -0.39 is 0 Å². The number of benzene rings is 2. The quantitative estimate of drug-likeness (QED) is 0.933. The second kappa shape index (κ2) is 6.37. The Bertz CT molecular complexity index is 587. The SMILES string of the molecule is OC[C@@H]1CN(Cc2ccccc2)C[C@H]1c1cccc(F)c1. The smallest absolute Gasteiger partial charge is 0.123 e. The summed E-state index contributed by atoms with van der Waals surface area (Å²) in [5, 5.41) is 9.63. The molecule has 0 spiro atoms. The predicted molar refractivity (Wildman–Crippen MR) is 81.4 cm³/mol. The van der Waals surface area contributed by atoms with E-state index in [1.165, 1.54) is 11.6 Å². The van der Waals surface area contributed by atoms with Crippen LogP contribution < -0.4 is 0 Å². The van der Waals surface area contributed by atoms with Crippen LogP contribution in [-0.4, -0.2) is 29.7 Å². The fourth-order valence-electron chi connectivity index (χ4n) is 3.23. The monoisotopic (exact) mass is 285 g/mol. The van der Waals surface area contributed by atoms with Gasteiger partial charge in [0, 0.05) is 38.1 Å². The fraction of sp³-hybridized carbons (Fsp3) is 0.333. The molecule has 0 unspecified atom stereocenters. The van der Waals surface area contributed by atoms with Gasteiger partial charge in [0.1, 0.15) is 5.82 Å². The molecule has 1 aliphatic rings. The Morgan fingerprint density at radius 3 is 2.57 bits per heavy atom. The van der Waals surface area contributed by atoms with E-state index in [1.807, 2.05) is 24.3 Å². The van der Waals surface area contributed by atoms with Crippen molar-refractivity contribution >= 4 is 0 Å². The van der Waals surface area contributed by atoms with Gasteiger partial charge in [-0.15, -0.1) is 0 Å². The Morgan fingerprint density at radius 2 is 1.86 bits per heavy atom. The van der Waals surface area contributed by atoms with Crippen molar-refractivity contribution in [2.24, 2.45) is 5.92 Å². The molecule has 110 valence electrons. The van der Waals surface area contributed by atoms with Crippen LogP contribution in [0.4, 0.5) is 4.39 Å². The lowest BCUT2D eigenvalue weighted by atomic mass is 9.89. The molecule has 2 aromatic rings. The topological polar surface area (TPSA) is 23.5 Å². The second-order valence-electron chi connectivity index (χ2n) is 5.78. The van der Waals surface area contributed by atoms with Crippen molar-refractivity contribution in [3.63, 3.8) is 0 Å². The third kappa shape index (κ3) is 3.31. The number of rotatable bonds is 4. The molecule has 21 heavy (non-hydrogen) atoms. The van der Waals surface area contributed by atoms with Crippen LogP contribution in [0.3, 0.4) is 0 Å². The zero-order chi connectivity index (χ0) is 14.7. The number of hydrogen-bond donors (Lipinski definition) is 1. The number of aliphatic hydroxyl groups is 1. The zero-order valence-electron chi connectivity index (χ0n) is 12.0. The van der Waals surface area contributed by atoms with E-state index >= 15 is 0 Å². The van der Waals surface area contributed by atoms with Gasteiger partial charge >= 0.3 is 0 Å². The van der Waals surface area contributed by atoms with Crippen LogP contribution in [0, 0.1) is 11.7 Å². The summed E-state index contributed by atoms with van der Waals surface area (Å²) in [5.74, 6) is 0.177. The zero-order valence-corrected chi connectivity index (χ0v) is 12.0. The maximum Gasteiger partial charge on any atom is 0.123 e. The summed E-state index contributed by atoms with van der Waals surface area (Å²) in [4.78, 5) is 2.34. The first-order chi connectivity index (χ1) is 10.3. The van der Waals surface area contributed by atoms with Crippen LogP contribution in [0.1, 0.15) is 17.0 Å². The summed E-state index contributed by atoms with van der Waals surface area (Å²) in [7, 11) is 0. The molecule has 0 saturated carbocycles. The summed E-state index contributed by atoms with van der Waals surface area (Å²) in [6, 6.07) is 17.1. The van der Waals surface area contributed by atoms with Gasteiger partial charge in [-0.3, -0.25) is 4.90 Å². The fourth-order valence-corrected chi connectivity index (χ4v) is 3.23. The molecular formula is C18H20FNO. The van der Waals surface area contributed by atoms with Crippen molar-refractivity contribution in [3.05, 3.63) is 71.5 Å². The molecule has 1 heterocycles.